The fourth-order valence-electron chi connectivity index (χ4n) is 2.18. The van der Waals surface area contributed by atoms with Crippen LogP contribution in [-0.4, -0.2) is 38.3 Å². The highest BCUT2D eigenvalue weighted by molar-refractivity contribution is 5.76. The summed E-state index contributed by atoms with van der Waals surface area (Å²) in [7, 11) is 0. The Morgan fingerprint density at radius 2 is 2.08 bits per heavy atom. The number of nitrogens with one attached hydrogen (secondary N) is 1. The van der Waals surface area contributed by atoms with Crippen LogP contribution in [0, 0.1) is 10.1 Å². The Labute approximate surface area is 148 Å². The van der Waals surface area contributed by atoms with Crippen LogP contribution in [0.1, 0.15) is 24.9 Å². The maximum atomic E-state index is 12.0. The van der Waals surface area contributed by atoms with Crippen molar-refractivity contribution in [1.82, 2.24) is 15.1 Å². The van der Waals surface area contributed by atoms with Crippen LogP contribution in [0.15, 0.2) is 36.7 Å². The van der Waals surface area contributed by atoms with Crippen molar-refractivity contribution in [2.75, 3.05) is 6.61 Å². The van der Waals surface area contributed by atoms with Crippen LogP contribution in [0.5, 0.6) is 5.75 Å². The molecule has 10 heteroatoms. The van der Waals surface area contributed by atoms with Crippen molar-refractivity contribution in [1.29, 1.82) is 0 Å². The summed E-state index contributed by atoms with van der Waals surface area (Å²) in [5.74, 6) is -0.853. The molecule has 1 amide bonds. The Balaban J connectivity index is 1.82. The number of benzene rings is 1. The van der Waals surface area contributed by atoms with E-state index in [0.29, 0.717) is 5.75 Å². The Morgan fingerprint density at radius 3 is 2.65 bits per heavy atom. The minimum atomic E-state index is -1.06. The van der Waals surface area contributed by atoms with Gasteiger partial charge in [-0.05, 0) is 24.6 Å². The molecule has 1 heterocycles. The molecule has 1 unspecified atom stereocenters. The van der Waals surface area contributed by atoms with Gasteiger partial charge >= 0.3 is 11.7 Å². The van der Waals surface area contributed by atoms with E-state index in [1.54, 1.807) is 24.3 Å². The quantitative estimate of drug-likeness (QED) is 0.509. The van der Waals surface area contributed by atoms with Crippen molar-refractivity contribution >= 4 is 17.6 Å². The lowest BCUT2D eigenvalue weighted by Gasteiger charge is -2.15. The van der Waals surface area contributed by atoms with E-state index < -0.39 is 17.5 Å². The molecule has 0 saturated heterocycles. The number of carbonyl (C=O) groups is 2. The SMILES string of the molecule is CC(NC(=O)CCn1cc([N+](=O)[O-])cn1)c1ccc(OCC(=O)O)cc1. The molecule has 0 bridgehead atoms. The van der Waals surface area contributed by atoms with E-state index in [9.17, 15) is 19.7 Å². The summed E-state index contributed by atoms with van der Waals surface area (Å²) in [5, 5.41) is 25.8. The lowest BCUT2D eigenvalue weighted by molar-refractivity contribution is -0.385. The third-order valence-corrected chi connectivity index (χ3v) is 3.52. The molecule has 0 saturated carbocycles. The fraction of sp³-hybridized carbons (Fsp3) is 0.312. The van der Waals surface area contributed by atoms with Crippen molar-refractivity contribution in [2.45, 2.75) is 25.9 Å². The Bertz CT molecular complexity index is 786. The zero-order valence-corrected chi connectivity index (χ0v) is 14.0. The van der Waals surface area contributed by atoms with Crippen LogP contribution in [0.2, 0.25) is 0 Å². The van der Waals surface area contributed by atoms with E-state index in [4.69, 9.17) is 9.84 Å². The molecular formula is C16H18N4O6. The summed E-state index contributed by atoms with van der Waals surface area (Å²) in [6.07, 6.45) is 2.53. The number of ether oxygens (including phenoxy) is 1. The van der Waals surface area contributed by atoms with Gasteiger partial charge in [-0.2, -0.15) is 5.10 Å². The molecule has 1 atom stereocenters. The van der Waals surface area contributed by atoms with E-state index >= 15 is 0 Å². The van der Waals surface area contributed by atoms with Crippen LogP contribution in [0.3, 0.4) is 0 Å². The van der Waals surface area contributed by atoms with Crippen molar-refractivity contribution < 1.29 is 24.4 Å². The number of hydrogen-bond donors (Lipinski definition) is 2. The third kappa shape index (κ3) is 5.58. The Kier molecular flexibility index (Phi) is 6.25. The van der Waals surface area contributed by atoms with Crippen molar-refractivity contribution in [3.8, 4) is 5.75 Å². The van der Waals surface area contributed by atoms with E-state index in [1.807, 2.05) is 6.92 Å². The first-order chi connectivity index (χ1) is 12.3. The van der Waals surface area contributed by atoms with Gasteiger partial charge < -0.3 is 15.2 Å². The number of hydrogen-bond acceptors (Lipinski definition) is 6. The van der Waals surface area contributed by atoms with Gasteiger partial charge in [-0.25, -0.2) is 4.79 Å². The molecule has 0 aliphatic rings. The van der Waals surface area contributed by atoms with Gasteiger partial charge in [0.2, 0.25) is 5.91 Å². The van der Waals surface area contributed by atoms with Gasteiger partial charge in [0.25, 0.3) is 0 Å². The number of amides is 1. The Morgan fingerprint density at radius 1 is 1.38 bits per heavy atom. The molecule has 2 aromatic rings. The predicted octanol–water partition coefficient (Wildman–Crippen LogP) is 1.52. The molecule has 1 aromatic carbocycles. The predicted molar refractivity (Wildman–Crippen MR) is 89.6 cm³/mol. The molecule has 0 spiro atoms. The van der Waals surface area contributed by atoms with Gasteiger partial charge in [0.1, 0.15) is 18.1 Å². The molecule has 0 fully saturated rings. The first kappa shape index (κ1) is 18.9. The molecule has 0 aliphatic heterocycles. The van der Waals surface area contributed by atoms with E-state index in [0.717, 1.165) is 11.8 Å². The monoisotopic (exact) mass is 362 g/mol. The van der Waals surface area contributed by atoms with Crippen molar-refractivity contribution in [3.05, 3.63) is 52.3 Å². The van der Waals surface area contributed by atoms with Crippen LogP contribution in [-0.2, 0) is 16.1 Å². The molecule has 1 aromatic heterocycles. The summed E-state index contributed by atoms with van der Waals surface area (Å²) in [6.45, 7) is 1.62. The molecule has 0 radical (unpaired) electrons. The second kappa shape index (κ2) is 8.60. The number of aliphatic carboxylic acids is 1. The van der Waals surface area contributed by atoms with Crippen molar-refractivity contribution in [3.63, 3.8) is 0 Å². The van der Waals surface area contributed by atoms with Crippen molar-refractivity contribution in [2.24, 2.45) is 0 Å². The minimum Gasteiger partial charge on any atom is -0.482 e. The van der Waals surface area contributed by atoms with Gasteiger partial charge in [0.05, 0.1) is 11.0 Å². The third-order valence-electron chi connectivity index (χ3n) is 3.52. The Hall–Kier alpha value is -3.43. The highest BCUT2D eigenvalue weighted by atomic mass is 16.6. The first-order valence-corrected chi connectivity index (χ1v) is 7.76. The van der Waals surface area contributed by atoms with Gasteiger partial charge in [0.15, 0.2) is 6.61 Å². The van der Waals surface area contributed by atoms with Gasteiger partial charge in [-0.15, -0.1) is 0 Å². The number of aryl methyl sites for hydroxylation is 1. The lowest BCUT2D eigenvalue weighted by atomic mass is 10.1. The molecule has 10 nitrogen and oxygen atoms in total. The maximum absolute atomic E-state index is 12.0. The van der Waals surface area contributed by atoms with E-state index in [2.05, 4.69) is 10.4 Å². The average molecular weight is 362 g/mol. The normalized spacial score (nSPS) is 11.6. The number of carboxylic acids is 1. The summed E-state index contributed by atoms with van der Waals surface area (Å²) in [5.41, 5.74) is 0.708. The van der Waals surface area contributed by atoms with E-state index in [1.165, 1.54) is 10.9 Å². The average Bonchev–Trinajstić information content (AvgIpc) is 3.08. The highest BCUT2D eigenvalue weighted by Gasteiger charge is 2.12. The van der Waals surface area contributed by atoms with Crippen LogP contribution >= 0.6 is 0 Å². The largest absolute Gasteiger partial charge is 0.482 e. The van der Waals surface area contributed by atoms with Gasteiger partial charge in [-0.1, -0.05) is 12.1 Å². The second-order valence-electron chi connectivity index (χ2n) is 5.51. The molecule has 0 aliphatic carbocycles. The minimum absolute atomic E-state index is 0.121. The number of nitro groups is 1. The van der Waals surface area contributed by atoms with Crippen LogP contribution in [0.25, 0.3) is 0 Å². The molecule has 26 heavy (non-hydrogen) atoms. The van der Waals surface area contributed by atoms with Crippen LogP contribution < -0.4 is 10.1 Å². The summed E-state index contributed by atoms with van der Waals surface area (Å²) >= 11 is 0. The summed E-state index contributed by atoms with van der Waals surface area (Å²) < 4.78 is 6.39. The van der Waals surface area contributed by atoms with Gasteiger partial charge in [-0.3, -0.25) is 19.6 Å². The second-order valence-corrected chi connectivity index (χ2v) is 5.51. The van der Waals surface area contributed by atoms with E-state index in [-0.39, 0.29) is 30.6 Å². The van der Waals surface area contributed by atoms with Crippen LogP contribution in [0.4, 0.5) is 5.69 Å². The molecule has 2 N–H and O–H groups in total. The molecule has 138 valence electrons. The first-order valence-electron chi connectivity index (χ1n) is 7.76. The lowest BCUT2D eigenvalue weighted by Crippen LogP contribution is -2.27. The zero-order valence-electron chi connectivity index (χ0n) is 14.0. The summed E-state index contributed by atoms with van der Waals surface area (Å²) in [4.78, 5) is 32.5. The zero-order chi connectivity index (χ0) is 19.1. The number of carboxylic acid groups (broad SMARTS) is 1. The highest BCUT2D eigenvalue weighted by Crippen LogP contribution is 2.18. The molecular weight excluding hydrogens is 344 g/mol. The number of carbonyl (C=O) groups excluding carboxylic acids is 1. The standard InChI is InChI=1S/C16H18N4O6/c1-11(12-2-4-14(5-3-12)26-10-16(22)23)18-15(21)6-7-19-9-13(8-17-19)20(24)25/h2-5,8-9,11H,6-7,10H2,1H3,(H,18,21)(H,22,23). The number of aromatic nitrogens is 2. The fourth-order valence-corrected chi connectivity index (χ4v) is 2.18. The summed E-state index contributed by atoms with van der Waals surface area (Å²) in [6, 6.07) is 6.47. The molecule has 2 rings (SSSR count). The number of nitrogens with zero attached hydrogens (tertiary/aromatic N) is 3. The topological polar surface area (TPSA) is 137 Å². The van der Waals surface area contributed by atoms with Gasteiger partial charge in [0, 0.05) is 13.0 Å². The smallest absolute Gasteiger partial charge is 0.341 e. The maximum Gasteiger partial charge on any atom is 0.341 e. The number of rotatable bonds is 9.